The Hall–Kier alpha value is -1.43. The maximum Gasteiger partial charge on any atom is 0.375 e. The lowest BCUT2D eigenvalue weighted by atomic mass is 9.95. The molecule has 0 amide bonds. The van der Waals surface area contributed by atoms with Gasteiger partial charge in [-0.3, -0.25) is 9.59 Å². The molecule has 6 heteroatoms. The highest BCUT2D eigenvalue weighted by Gasteiger charge is 2.42. The van der Waals surface area contributed by atoms with Crippen molar-refractivity contribution in [3.05, 3.63) is 0 Å². The summed E-state index contributed by atoms with van der Waals surface area (Å²) >= 11 is 0. The minimum Gasteiger partial charge on any atom is -0.465 e. The normalized spacial score (nSPS) is 20.2. The number of carbonyl (C=O) groups excluding carboxylic acids is 3. The summed E-state index contributed by atoms with van der Waals surface area (Å²) in [7, 11) is 0. The van der Waals surface area contributed by atoms with Crippen molar-refractivity contribution < 1.29 is 28.6 Å². The van der Waals surface area contributed by atoms with Gasteiger partial charge >= 0.3 is 11.9 Å². The lowest BCUT2D eigenvalue weighted by Crippen LogP contribution is -2.40. The first kappa shape index (κ1) is 14.6. The van der Waals surface area contributed by atoms with E-state index in [4.69, 9.17) is 9.47 Å². The summed E-state index contributed by atoms with van der Waals surface area (Å²) in [4.78, 5) is 35.0. The summed E-state index contributed by atoms with van der Waals surface area (Å²) in [6, 6.07) is 0. The molecule has 1 heterocycles. The predicted molar refractivity (Wildman–Crippen MR) is 60.7 cm³/mol. The van der Waals surface area contributed by atoms with Crippen molar-refractivity contribution in [1.82, 2.24) is 0 Å². The van der Waals surface area contributed by atoms with Crippen molar-refractivity contribution in [2.24, 2.45) is 5.92 Å². The Bertz CT molecular complexity index is 319. The third-order valence-corrected chi connectivity index (χ3v) is 2.64. The molecule has 2 unspecified atom stereocenters. The molecule has 1 rings (SSSR count). The highest BCUT2D eigenvalue weighted by Crippen LogP contribution is 2.23. The van der Waals surface area contributed by atoms with Crippen LogP contribution in [0.2, 0.25) is 0 Å². The van der Waals surface area contributed by atoms with Crippen LogP contribution >= 0.6 is 0 Å². The second-order valence-electron chi connectivity index (χ2n) is 3.87. The average molecular weight is 258 g/mol. The van der Waals surface area contributed by atoms with Crippen molar-refractivity contribution in [3.63, 3.8) is 0 Å². The quantitative estimate of drug-likeness (QED) is 0.391. The maximum absolute atomic E-state index is 11.9. The predicted octanol–water partition coefficient (Wildman–Crippen LogP) is 0.477. The Kier molecular flexibility index (Phi) is 5.77. The van der Waals surface area contributed by atoms with Crippen molar-refractivity contribution in [2.45, 2.75) is 32.8 Å². The second-order valence-corrected chi connectivity index (χ2v) is 3.87. The molecule has 102 valence electrons. The molecule has 0 spiro atoms. The Labute approximate surface area is 106 Å². The first-order valence-electron chi connectivity index (χ1n) is 6.11. The molecule has 2 atom stereocenters. The van der Waals surface area contributed by atoms with E-state index in [0.29, 0.717) is 13.0 Å². The van der Waals surface area contributed by atoms with Gasteiger partial charge in [-0.05, 0) is 26.7 Å². The number of ether oxygens (including phenoxy) is 3. The molecule has 0 bridgehead atoms. The molecule has 1 saturated heterocycles. The third kappa shape index (κ3) is 3.53. The standard InChI is InChI=1S/C12H18O6/c1-3-16-11(14)9(8-6-5-7-18-8)10(13)12(15)17-4-2/h8-9H,3-7H2,1-2H3. The Morgan fingerprint density at radius 2 is 1.89 bits per heavy atom. The number of hydrogen-bond acceptors (Lipinski definition) is 6. The number of esters is 2. The van der Waals surface area contributed by atoms with Crippen LogP contribution in [0, 0.1) is 5.92 Å². The van der Waals surface area contributed by atoms with Crippen molar-refractivity contribution >= 4 is 17.7 Å². The number of hydrogen-bond donors (Lipinski definition) is 0. The molecule has 0 aromatic carbocycles. The van der Waals surface area contributed by atoms with Crippen LogP contribution in [0.3, 0.4) is 0 Å². The highest BCUT2D eigenvalue weighted by atomic mass is 16.5. The third-order valence-electron chi connectivity index (χ3n) is 2.64. The van der Waals surface area contributed by atoms with Crippen LogP contribution in [-0.2, 0) is 28.6 Å². The van der Waals surface area contributed by atoms with Gasteiger partial charge in [0.2, 0.25) is 0 Å². The second kappa shape index (κ2) is 7.10. The summed E-state index contributed by atoms with van der Waals surface area (Å²) in [5.74, 6) is -3.82. The monoisotopic (exact) mass is 258 g/mol. The smallest absolute Gasteiger partial charge is 0.375 e. The Morgan fingerprint density at radius 1 is 1.22 bits per heavy atom. The molecular formula is C12H18O6. The SMILES string of the molecule is CCOC(=O)C(=O)C(C(=O)OCC)C1CCCO1. The van der Waals surface area contributed by atoms with E-state index in [2.05, 4.69) is 4.74 Å². The van der Waals surface area contributed by atoms with Gasteiger partial charge in [-0.1, -0.05) is 0 Å². The molecule has 0 aromatic rings. The largest absolute Gasteiger partial charge is 0.465 e. The van der Waals surface area contributed by atoms with Crippen LogP contribution in [0.25, 0.3) is 0 Å². The minimum absolute atomic E-state index is 0.0889. The van der Waals surface area contributed by atoms with Crippen LogP contribution in [0.5, 0.6) is 0 Å². The molecule has 6 nitrogen and oxygen atoms in total. The van der Waals surface area contributed by atoms with Gasteiger partial charge in [-0.15, -0.1) is 0 Å². The Morgan fingerprint density at radius 3 is 2.39 bits per heavy atom. The van der Waals surface area contributed by atoms with Crippen molar-refractivity contribution in [3.8, 4) is 0 Å². The molecule has 0 aromatic heterocycles. The van der Waals surface area contributed by atoms with E-state index in [1.54, 1.807) is 13.8 Å². The minimum atomic E-state index is -1.20. The number of carbonyl (C=O) groups is 3. The fraction of sp³-hybridized carbons (Fsp3) is 0.750. The van der Waals surface area contributed by atoms with E-state index in [9.17, 15) is 14.4 Å². The van der Waals surface area contributed by atoms with E-state index in [0.717, 1.165) is 6.42 Å². The van der Waals surface area contributed by atoms with Crippen LogP contribution < -0.4 is 0 Å². The van der Waals surface area contributed by atoms with Gasteiger partial charge < -0.3 is 14.2 Å². The summed E-state index contributed by atoms with van der Waals surface area (Å²) < 4.78 is 14.7. The van der Waals surface area contributed by atoms with Gasteiger partial charge in [0.25, 0.3) is 5.78 Å². The molecule has 0 aliphatic carbocycles. The molecule has 0 N–H and O–H groups in total. The van der Waals surface area contributed by atoms with Crippen LogP contribution in [0.1, 0.15) is 26.7 Å². The molecular weight excluding hydrogens is 240 g/mol. The van der Waals surface area contributed by atoms with Gasteiger partial charge in [0.05, 0.1) is 19.3 Å². The van der Waals surface area contributed by atoms with Gasteiger partial charge in [-0.25, -0.2) is 4.79 Å². The molecule has 1 aliphatic rings. The van der Waals surface area contributed by atoms with Gasteiger partial charge in [0.1, 0.15) is 0 Å². The van der Waals surface area contributed by atoms with Crippen LogP contribution in [-0.4, -0.2) is 43.6 Å². The zero-order valence-electron chi connectivity index (χ0n) is 10.6. The van der Waals surface area contributed by atoms with Gasteiger partial charge in [0.15, 0.2) is 5.92 Å². The Balaban J connectivity index is 2.78. The summed E-state index contributed by atoms with van der Waals surface area (Å²) in [6.07, 6.45) is 0.742. The van der Waals surface area contributed by atoms with Gasteiger partial charge in [-0.2, -0.15) is 0 Å². The average Bonchev–Trinajstić information content (AvgIpc) is 2.83. The molecule has 0 saturated carbocycles. The van der Waals surface area contributed by atoms with Crippen LogP contribution in [0.15, 0.2) is 0 Å². The van der Waals surface area contributed by atoms with Crippen molar-refractivity contribution in [2.75, 3.05) is 19.8 Å². The van der Waals surface area contributed by atoms with E-state index in [-0.39, 0.29) is 13.2 Å². The first-order chi connectivity index (χ1) is 8.61. The zero-order valence-corrected chi connectivity index (χ0v) is 10.6. The summed E-state index contributed by atoms with van der Waals surface area (Å²) in [5.41, 5.74) is 0. The maximum atomic E-state index is 11.9. The molecule has 18 heavy (non-hydrogen) atoms. The number of Topliss-reactive ketones (excluding diaryl/α,β-unsaturated/α-hetero) is 1. The lowest BCUT2D eigenvalue weighted by molar-refractivity contribution is -0.166. The topological polar surface area (TPSA) is 78.9 Å². The summed E-state index contributed by atoms with van der Waals surface area (Å²) in [6.45, 7) is 3.95. The highest BCUT2D eigenvalue weighted by molar-refractivity contribution is 6.38. The summed E-state index contributed by atoms with van der Waals surface area (Å²) in [5, 5.41) is 0. The molecule has 1 fully saturated rings. The van der Waals surface area contributed by atoms with Crippen LogP contribution in [0.4, 0.5) is 0 Å². The van der Waals surface area contributed by atoms with Gasteiger partial charge in [0, 0.05) is 6.61 Å². The fourth-order valence-corrected chi connectivity index (χ4v) is 1.85. The number of ketones is 1. The van der Waals surface area contributed by atoms with E-state index in [1.165, 1.54) is 0 Å². The van der Waals surface area contributed by atoms with E-state index in [1.807, 2.05) is 0 Å². The number of rotatable bonds is 6. The van der Waals surface area contributed by atoms with E-state index >= 15 is 0 Å². The van der Waals surface area contributed by atoms with Crippen molar-refractivity contribution in [1.29, 1.82) is 0 Å². The first-order valence-corrected chi connectivity index (χ1v) is 6.11. The fourth-order valence-electron chi connectivity index (χ4n) is 1.85. The lowest BCUT2D eigenvalue weighted by Gasteiger charge is -2.19. The zero-order chi connectivity index (χ0) is 13.5. The van der Waals surface area contributed by atoms with E-state index < -0.39 is 29.7 Å². The molecule has 1 aliphatic heterocycles. The molecule has 0 radical (unpaired) electrons.